The molecule has 1 aromatic carbocycles. The van der Waals surface area contributed by atoms with Gasteiger partial charge in [-0.2, -0.15) is 0 Å². The monoisotopic (exact) mass is 281 g/mol. The summed E-state index contributed by atoms with van der Waals surface area (Å²) in [5, 5.41) is 3.34. The van der Waals surface area contributed by atoms with E-state index in [1.54, 1.807) is 14.2 Å². The third-order valence-electron chi connectivity index (χ3n) is 3.29. The lowest BCUT2D eigenvalue weighted by Crippen LogP contribution is -2.19. The molecule has 0 fully saturated rings. The molecule has 1 unspecified atom stereocenters. The zero-order valence-corrected chi connectivity index (χ0v) is 13.1. The van der Waals surface area contributed by atoms with Gasteiger partial charge < -0.3 is 19.5 Å². The van der Waals surface area contributed by atoms with Gasteiger partial charge in [-0.3, -0.25) is 0 Å². The maximum atomic E-state index is 5.92. The lowest BCUT2D eigenvalue weighted by molar-refractivity contribution is 0.198. The van der Waals surface area contributed by atoms with Crippen molar-refractivity contribution in [2.45, 2.75) is 26.8 Å². The minimum Gasteiger partial charge on any atom is -0.497 e. The van der Waals surface area contributed by atoms with Crippen LogP contribution in [0.5, 0.6) is 11.5 Å². The Hall–Kier alpha value is -1.26. The van der Waals surface area contributed by atoms with Gasteiger partial charge in [0.2, 0.25) is 0 Å². The molecule has 20 heavy (non-hydrogen) atoms. The zero-order chi connectivity index (χ0) is 14.8. The highest BCUT2D eigenvalue weighted by molar-refractivity contribution is 5.40. The van der Waals surface area contributed by atoms with Crippen LogP contribution < -0.4 is 14.8 Å². The Morgan fingerprint density at radius 2 is 2.05 bits per heavy atom. The molecule has 4 nitrogen and oxygen atoms in total. The van der Waals surface area contributed by atoms with Crippen molar-refractivity contribution in [2.75, 3.05) is 34.0 Å². The molecule has 0 saturated carbocycles. The predicted octanol–water partition coefficient (Wildman–Crippen LogP) is 2.86. The molecule has 0 radical (unpaired) electrons. The van der Waals surface area contributed by atoms with Gasteiger partial charge in [-0.25, -0.2) is 0 Å². The quantitative estimate of drug-likeness (QED) is 0.669. The average Bonchev–Trinajstić information content (AvgIpc) is 2.49. The minimum atomic E-state index is 0.561. The van der Waals surface area contributed by atoms with E-state index >= 15 is 0 Å². The summed E-state index contributed by atoms with van der Waals surface area (Å²) in [6.07, 6.45) is 1.12. The summed E-state index contributed by atoms with van der Waals surface area (Å²) in [4.78, 5) is 0. The zero-order valence-electron chi connectivity index (χ0n) is 13.1. The number of benzene rings is 1. The van der Waals surface area contributed by atoms with E-state index < -0.39 is 0 Å². The van der Waals surface area contributed by atoms with Gasteiger partial charge in [-0.15, -0.1) is 0 Å². The molecule has 0 aromatic heterocycles. The lowest BCUT2D eigenvalue weighted by Gasteiger charge is -2.16. The molecule has 0 aliphatic rings. The summed E-state index contributed by atoms with van der Waals surface area (Å²) in [6.45, 7) is 7.38. The Kier molecular flexibility index (Phi) is 8.07. The number of methoxy groups -OCH3 is 2. The summed E-state index contributed by atoms with van der Waals surface area (Å²) in [7, 11) is 3.38. The van der Waals surface area contributed by atoms with Crippen LogP contribution in [0.4, 0.5) is 0 Å². The van der Waals surface area contributed by atoms with Crippen molar-refractivity contribution >= 4 is 0 Å². The molecule has 1 N–H and O–H groups in total. The Morgan fingerprint density at radius 3 is 2.70 bits per heavy atom. The van der Waals surface area contributed by atoms with Crippen molar-refractivity contribution < 1.29 is 14.2 Å². The fourth-order valence-electron chi connectivity index (χ4n) is 1.71. The second-order valence-corrected chi connectivity index (χ2v) is 4.97. The van der Waals surface area contributed by atoms with Crippen LogP contribution in [0.1, 0.15) is 25.8 Å². The van der Waals surface area contributed by atoms with E-state index in [1.165, 1.54) is 0 Å². The first-order valence-electron chi connectivity index (χ1n) is 7.20. The fourth-order valence-corrected chi connectivity index (χ4v) is 1.71. The van der Waals surface area contributed by atoms with Crippen molar-refractivity contribution in [2.24, 2.45) is 5.92 Å². The normalized spacial score (nSPS) is 12.2. The molecular weight excluding hydrogens is 254 g/mol. The van der Waals surface area contributed by atoms with Crippen molar-refractivity contribution in [3.63, 3.8) is 0 Å². The molecule has 0 heterocycles. The minimum absolute atomic E-state index is 0.561. The van der Waals surface area contributed by atoms with Gasteiger partial charge >= 0.3 is 0 Å². The molecule has 4 heteroatoms. The van der Waals surface area contributed by atoms with E-state index in [0.29, 0.717) is 12.5 Å². The van der Waals surface area contributed by atoms with E-state index in [1.807, 2.05) is 18.2 Å². The summed E-state index contributed by atoms with van der Waals surface area (Å²) in [6, 6.07) is 5.94. The first kappa shape index (κ1) is 16.8. The van der Waals surface area contributed by atoms with Crippen LogP contribution in [0.15, 0.2) is 18.2 Å². The SMILES string of the molecule is CCC(C)COc1ccc(OC)cc1CNCCOC. The molecule has 0 aliphatic heterocycles. The first-order chi connectivity index (χ1) is 9.71. The van der Waals surface area contributed by atoms with E-state index in [4.69, 9.17) is 14.2 Å². The molecule has 1 atom stereocenters. The molecule has 0 saturated heterocycles. The number of hydrogen-bond donors (Lipinski definition) is 1. The van der Waals surface area contributed by atoms with Crippen LogP contribution in [0, 0.1) is 5.92 Å². The molecule has 1 rings (SSSR count). The third kappa shape index (κ3) is 5.80. The predicted molar refractivity (Wildman–Crippen MR) is 81.5 cm³/mol. The number of hydrogen-bond acceptors (Lipinski definition) is 4. The van der Waals surface area contributed by atoms with Crippen LogP contribution in [-0.4, -0.2) is 34.0 Å². The van der Waals surface area contributed by atoms with Gasteiger partial charge in [-0.1, -0.05) is 20.3 Å². The smallest absolute Gasteiger partial charge is 0.124 e. The van der Waals surface area contributed by atoms with Gasteiger partial charge in [0.1, 0.15) is 11.5 Å². The van der Waals surface area contributed by atoms with Gasteiger partial charge in [0.15, 0.2) is 0 Å². The van der Waals surface area contributed by atoms with Crippen molar-refractivity contribution in [3.8, 4) is 11.5 Å². The van der Waals surface area contributed by atoms with Crippen LogP contribution in [0.3, 0.4) is 0 Å². The second-order valence-electron chi connectivity index (χ2n) is 4.97. The summed E-state index contributed by atoms with van der Waals surface area (Å²) in [5.74, 6) is 2.34. The highest BCUT2D eigenvalue weighted by atomic mass is 16.5. The highest BCUT2D eigenvalue weighted by Crippen LogP contribution is 2.24. The summed E-state index contributed by atoms with van der Waals surface area (Å²) in [5.41, 5.74) is 1.11. The third-order valence-corrected chi connectivity index (χ3v) is 3.29. The van der Waals surface area contributed by atoms with Gasteiger partial charge in [-0.05, 0) is 24.1 Å². The topological polar surface area (TPSA) is 39.7 Å². The van der Waals surface area contributed by atoms with E-state index in [-0.39, 0.29) is 0 Å². The van der Waals surface area contributed by atoms with E-state index in [2.05, 4.69) is 19.2 Å². The van der Waals surface area contributed by atoms with Crippen LogP contribution in [-0.2, 0) is 11.3 Å². The number of rotatable bonds is 10. The molecule has 0 amide bonds. The van der Waals surface area contributed by atoms with Crippen molar-refractivity contribution in [1.82, 2.24) is 5.32 Å². The molecule has 1 aromatic rings. The Labute approximate surface area is 122 Å². The van der Waals surface area contributed by atoms with Crippen LogP contribution >= 0.6 is 0 Å². The highest BCUT2D eigenvalue weighted by Gasteiger charge is 2.07. The maximum absolute atomic E-state index is 5.92. The molecule has 0 spiro atoms. The number of ether oxygens (including phenoxy) is 3. The standard InChI is InChI=1S/C16H27NO3/c1-5-13(2)12-20-16-7-6-15(19-4)10-14(16)11-17-8-9-18-3/h6-7,10,13,17H,5,8-9,11-12H2,1-4H3. The van der Waals surface area contributed by atoms with Crippen molar-refractivity contribution in [1.29, 1.82) is 0 Å². The molecular formula is C16H27NO3. The molecule has 0 bridgehead atoms. The van der Waals surface area contributed by atoms with Gasteiger partial charge in [0.05, 0.1) is 20.3 Å². The Morgan fingerprint density at radius 1 is 1.25 bits per heavy atom. The van der Waals surface area contributed by atoms with E-state index in [9.17, 15) is 0 Å². The number of nitrogens with one attached hydrogen (secondary N) is 1. The second kappa shape index (κ2) is 9.61. The Balaban J connectivity index is 2.65. The van der Waals surface area contributed by atoms with Crippen LogP contribution in [0.2, 0.25) is 0 Å². The summed E-state index contributed by atoms with van der Waals surface area (Å²) < 4.78 is 16.2. The van der Waals surface area contributed by atoms with Crippen LogP contribution in [0.25, 0.3) is 0 Å². The summed E-state index contributed by atoms with van der Waals surface area (Å²) >= 11 is 0. The largest absolute Gasteiger partial charge is 0.497 e. The Bertz CT molecular complexity index is 382. The average molecular weight is 281 g/mol. The fraction of sp³-hybridized carbons (Fsp3) is 0.625. The first-order valence-corrected chi connectivity index (χ1v) is 7.20. The van der Waals surface area contributed by atoms with E-state index in [0.717, 1.165) is 43.2 Å². The molecule has 0 aliphatic carbocycles. The lowest BCUT2D eigenvalue weighted by atomic mass is 10.1. The van der Waals surface area contributed by atoms with Crippen molar-refractivity contribution in [3.05, 3.63) is 23.8 Å². The molecule has 114 valence electrons. The van der Waals surface area contributed by atoms with Gasteiger partial charge in [0, 0.05) is 25.8 Å². The maximum Gasteiger partial charge on any atom is 0.124 e. The van der Waals surface area contributed by atoms with Gasteiger partial charge in [0.25, 0.3) is 0 Å².